The fourth-order valence-corrected chi connectivity index (χ4v) is 4.74. The Balaban J connectivity index is 2.26. The summed E-state index contributed by atoms with van der Waals surface area (Å²) < 4.78 is 0.870. The predicted octanol–water partition coefficient (Wildman–Crippen LogP) is 2.20. The molecule has 1 saturated carbocycles. The van der Waals surface area contributed by atoms with E-state index in [9.17, 15) is 15.8 Å². The maximum atomic E-state index is 9.98. The monoisotopic (exact) mass is 408 g/mol. The second kappa shape index (κ2) is 7.04. The van der Waals surface area contributed by atoms with Gasteiger partial charge in [0.1, 0.15) is 5.92 Å². The van der Waals surface area contributed by atoms with E-state index in [-0.39, 0.29) is 11.6 Å². The number of hydrogen-bond acceptors (Lipinski definition) is 4. The lowest BCUT2D eigenvalue weighted by molar-refractivity contribution is -0.897. The van der Waals surface area contributed by atoms with Crippen molar-refractivity contribution in [3.05, 3.63) is 46.0 Å². The predicted molar refractivity (Wildman–Crippen MR) is 100 cm³/mol. The molecule has 1 fully saturated rings. The van der Waals surface area contributed by atoms with Crippen LogP contribution in [0.2, 0.25) is 0 Å². The van der Waals surface area contributed by atoms with Gasteiger partial charge in [0.15, 0.2) is 5.41 Å². The van der Waals surface area contributed by atoms with Gasteiger partial charge in [-0.2, -0.15) is 15.8 Å². The Morgan fingerprint density at radius 3 is 2.62 bits per heavy atom. The molecular weight excluding hydrogens is 390 g/mol. The largest absolute Gasteiger partial charge is 0.331 e. The average Bonchev–Trinajstić information content (AvgIpc) is 2.66. The van der Waals surface area contributed by atoms with Crippen molar-refractivity contribution in [2.75, 3.05) is 19.6 Å². The van der Waals surface area contributed by atoms with E-state index in [1.54, 1.807) is 0 Å². The van der Waals surface area contributed by atoms with Gasteiger partial charge < -0.3 is 10.3 Å². The summed E-state index contributed by atoms with van der Waals surface area (Å²) in [5.41, 5.74) is 0.0504. The van der Waals surface area contributed by atoms with E-state index in [0.717, 1.165) is 35.2 Å². The Morgan fingerprint density at radius 1 is 1.31 bits per heavy atom. The van der Waals surface area contributed by atoms with Gasteiger partial charge in [-0.25, -0.2) is 0 Å². The zero-order valence-electron chi connectivity index (χ0n) is 14.5. The van der Waals surface area contributed by atoms with Gasteiger partial charge in [0.05, 0.1) is 43.6 Å². The van der Waals surface area contributed by atoms with Crippen molar-refractivity contribution in [3.8, 4) is 18.2 Å². The van der Waals surface area contributed by atoms with Crippen LogP contribution < -0.4 is 4.90 Å². The van der Waals surface area contributed by atoms with Crippen LogP contribution >= 0.6 is 15.9 Å². The van der Waals surface area contributed by atoms with Crippen LogP contribution in [0, 0.1) is 56.7 Å². The summed E-state index contributed by atoms with van der Waals surface area (Å²) in [5, 5.41) is 38.2. The molecule has 1 heterocycles. The molecule has 2 N–H and O–H groups in total. The molecule has 2 aliphatic rings. The highest BCUT2D eigenvalue weighted by Crippen LogP contribution is 2.52. The molecule has 0 amide bonds. The number of benzene rings is 1. The molecule has 1 aromatic carbocycles. The first kappa shape index (κ1) is 18.3. The van der Waals surface area contributed by atoms with Crippen molar-refractivity contribution >= 4 is 21.6 Å². The number of nitrogens with one attached hydrogen (secondary N) is 2. The summed E-state index contributed by atoms with van der Waals surface area (Å²) in [4.78, 5) is 1.36. The molecule has 26 heavy (non-hydrogen) atoms. The molecule has 130 valence electrons. The summed E-state index contributed by atoms with van der Waals surface area (Å²) in [6.07, 6.45) is 2.05. The van der Waals surface area contributed by atoms with Crippen molar-refractivity contribution in [3.63, 3.8) is 0 Å². The third-order valence-corrected chi connectivity index (χ3v) is 6.16. The normalized spacial score (nSPS) is 29.5. The van der Waals surface area contributed by atoms with Crippen molar-refractivity contribution in [1.82, 2.24) is 0 Å². The quantitative estimate of drug-likeness (QED) is 0.733. The van der Waals surface area contributed by atoms with Crippen LogP contribution in [0.3, 0.4) is 0 Å². The van der Waals surface area contributed by atoms with Crippen LogP contribution in [0.4, 0.5) is 0 Å². The van der Waals surface area contributed by atoms with Gasteiger partial charge in [0.25, 0.3) is 0 Å². The van der Waals surface area contributed by atoms with Crippen molar-refractivity contribution in [2.24, 2.45) is 17.3 Å². The first-order valence-corrected chi connectivity index (χ1v) is 9.41. The topological polar surface area (TPSA) is 99.7 Å². The Bertz CT molecular complexity index is 884. The molecule has 0 radical (unpaired) electrons. The number of nitriles is 3. The minimum Gasteiger partial charge on any atom is -0.331 e. The van der Waals surface area contributed by atoms with E-state index in [4.69, 9.17) is 5.41 Å². The minimum atomic E-state index is -1.63. The summed E-state index contributed by atoms with van der Waals surface area (Å²) in [6, 6.07) is 14.1. The number of quaternary nitrogens is 1. The van der Waals surface area contributed by atoms with Gasteiger partial charge in [-0.15, -0.1) is 0 Å². The highest BCUT2D eigenvalue weighted by atomic mass is 79.9. The number of hydrogen-bond donors (Lipinski definition) is 2. The molecule has 3 rings (SSSR count). The molecule has 6 heteroatoms. The Hall–Kier alpha value is -2.46. The second-order valence-corrected chi connectivity index (χ2v) is 7.78. The Morgan fingerprint density at radius 2 is 2.04 bits per heavy atom. The van der Waals surface area contributed by atoms with Crippen molar-refractivity contribution in [1.29, 1.82) is 21.2 Å². The van der Waals surface area contributed by atoms with E-state index in [2.05, 4.69) is 47.1 Å². The van der Waals surface area contributed by atoms with E-state index in [1.807, 2.05) is 24.3 Å². The Labute approximate surface area is 161 Å². The van der Waals surface area contributed by atoms with Gasteiger partial charge in [-0.3, -0.25) is 0 Å². The lowest BCUT2D eigenvalue weighted by Gasteiger charge is -2.46. The molecule has 0 spiro atoms. The second-order valence-electron chi connectivity index (χ2n) is 6.86. The van der Waals surface area contributed by atoms with Gasteiger partial charge in [-0.1, -0.05) is 28.1 Å². The lowest BCUT2D eigenvalue weighted by atomic mass is 9.54. The molecular formula is C20H19BrN5+. The zero-order valence-corrected chi connectivity index (χ0v) is 16.0. The zero-order chi connectivity index (χ0) is 18.9. The Kier molecular flexibility index (Phi) is 4.97. The third kappa shape index (κ3) is 2.65. The fourth-order valence-electron chi connectivity index (χ4n) is 4.33. The van der Waals surface area contributed by atoms with Gasteiger partial charge in [0, 0.05) is 16.3 Å². The standard InChI is InChI=1S/C20H18BrN5/c1-2-26-7-6-15-16(9-22)19(25)20(11-23,12-24)18(17(15)10-26)13-4-3-5-14(21)8-13/h3-6,8,16-18,25H,2,7,10H2,1H3/p+1/t16?,17-,18-/m0/s1. The lowest BCUT2D eigenvalue weighted by Crippen LogP contribution is -3.13. The molecule has 5 nitrogen and oxygen atoms in total. The summed E-state index contributed by atoms with van der Waals surface area (Å²) >= 11 is 3.47. The maximum Gasteiger partial charge on any atom is 0.189 e. The molecule has 1 aliphatic carbocycles. The number of likely N-dealkylation sites (N-methyl/N-ethyl adjacent to an activating group) is 1. The highest BCUT2D eigenvalue weighted by Gasteiger charge is 2.58. The van der Waals surface area contributed by atoms with Gasteiger partial charge in [0.2, 0.25) is 0 Å². The molecule has 0 bridgehead atoms. The molecule has 4 atom stereocenters. The van der Waals surface area contributed by atoms with E-state index < -0.39 is 17.3 Å². The van der Waals surface area contributed by atoms with Gasteiger partial charge >= 0.3 is 0 Å². The summed E-state index contributed by atoms with van der Waals surface area (Å²) in [6.45, 7) is 4.62. The van der Waals surface area contributed by atoms with Crippen molar-refractivity contribution < 1.29 is 4.90 Å². The van der Waals surface area contributed by atoms with Crippen LogP contribution in [-0.4, -0.2) is 25.3 Å². The van der Waals surface area contributed by atoms with Crippen LogP contribution in [0.15, 0.2) is 40.4 Å². The molecule has 1 aromatic rings. The number of nitrogens with zero attached hydrogens (tertiary/aromatic N) is 3. The molecule has 0 saturated heterocycles. The van der Waals surface area contributed by atoms with Crippen LogP contribution in [0.5, 0.6) is 0 Å². The number of rotatable bonds is 2. The van der Waals surface area contributed by atoms with E-state index in [0.29, 0.717) is 0 Å². The SMILES string of the molecule is CC[NH+]1CC=C2C(C#N)C(=N)C(C#N)(C#N)[C@@H](c3cccc(Br)c3)[C@H]2C1. The molecule has 0 aromatic heterocycles. The highest BCUT2D eigenvalue weighted by molar-refractivity contribution is 9.10. The minimum absolute atomic E-state index is 0.0857. The number of halogens is 1. The summed E-state index contributed by atoms with van der Waals surface area (Å²) in [7, 11) is 0. The fraction of sp³-hybridized carbons (Fsp3) is 0.400. The summed E-state index contributed by atoms with van der Waals surface area (Å²) in [5.74, 6) is -1.35. The van der Waals surface area contributed by atoms with Crippen LogP contribution in [-0.2, 0) is 0 Å². The van der Waals surface area contributed by atoms with E-state index in [1.165, 1.54) is 4.90 Å². The molecule has 2 unspecified atom stereocenters. The van der Waals surface area contributed by atoms with Gasteiger partial charge in [-0.05, 0) is 36.3 Å². The first-order chi connectivity index (χ1) is 12.5. The average molecular weight is 409 g/mol. The maximum absolute atomic E-state index is 9.98. The third-order valence-electron chi connectivity index (χ3n) is 5.67. The van der Waals surface area contributed by atoms with Crippen LogP contribution in [0.25, 0.3) is 0 Å². The number of fused-ring (bicyclic) bond motifs is 1. The van der Waals surface area contributed by atoms with E-state index >= 15 is 0 Å². The smallest absolute Gasteiger partial charge is 0.189 e. The molecule has 1 aliphatic heterocycles. The first-order valence-electron chi connectivity index (χ1n) is 8.62. The van der Waals surface area contributed by atoms with Crippen molar-refractivity contribution in [2.45, 2.75) is 12.8 Å². The van der Waals surface area contributed by atoms with Crippen LogP contribution in [0.1, 0.15) is 18.4 Å².